The second-order valence-electron chi connectivity index (χ2n) is 5.34. The summed E-state index contributed by atoms with van der Waals surface area (Å²) in [5, 5.41) is 3.54. The van der Waals surface area contributed by atoms with Crippen LogP contribution in [0, 0.1) is 12.7 Å². The number of aromatic nitrogens is 2. The van der Waals surface area contributed by atoms with Gasteiger partial charge >= 0.3 is 0 Å². The monoisotopic (exact) mass is 321 g/mol. The molecule has 0 aliphatic carbocycles. The Morgan fingerprint density at radius 2 is 2.27 bits per heavy atom. The van der Waals surface area contributed by atoms with Crippen LogP contribution in [0.25, 0.3) is 0 Å². The summed E-state index contributed by atoms with van der Waals surface area (Å²) in [6.07, 6.45) is 0.967. The zero-order chi connectivity index (χ0) is 15.5. The van der Waals surface area contributed by atoms with Crippen molar-refractivity contribution in [2.24, 2.45) is 0 Å². The number of benzene rings is 1. The van der Waals surface area contributed by atoms with Crippen molar-refractivity contribution < 1.29 is 9.13 Å². The van der Waals surface area contributed by atoms with E-state index in [2.05, 4.69) is 15.3 Å². The summed E-state index contributed by atoms with van der Waals surface area (Å²) in [4.78, 5) is 8.83. The minimum Gasteiger partial charge on any atom is -0.381 e. The summed E-state index contributed by atoms with van der Waals surface area (Å²) < 4.78 is 19.2. The van der Waals surface area contributed by atoms with Crippen molar-refractivity contribution >= 4 is 17.4 Å². The van der Waals surface area contributed by atoms with Gasteiger partial charge < -0.3 is 10.1 Å². The molecule has 0 bridgehead atoms. The fourth-order valence-electron chi connectivity index (χ4n) is 2.54. The molecule has 1 aliphatic heterocycles. The van der Waals surface area contributed by atoms with Crippen LogP contribution < -0.4 is 5.32 Å². The molecule has 0 spiro atoms. The number of nitrogens with zero attached hydrogens (tertiary/aromatic N) is 2. The minimum atomic E-state index is -0.324. The zero-order valence-electron chi connectivity index (χ0n) is 12.3. The number of hydrogen-bond acceptors (Lipinski definition) is 4. The van der Waals surface area contributed by atoms with E-state index in [0.29, 0.717) is 34.8 Å². The van der Waals surface area contributed by atoms with Crippen molar-refractivity contribution in [1.29, 1.82) is 0 Å². The Kier molecular flexibility index (Phi) is 4.55. The summed E-state index contributed by atoms with van der Waals surface area (Å²) in [7, 11) is 0. The Hall–Kier alpha value is -1.72. The summed E-state index contributed by atoms with van der Waals surface area (Å²) in [6, 6.07) is 6.57. The molecule has 1 aromatic heterocycles. The third-order valence-corrected chi connectivity index (χ3v) is 4.07. The van der Waals surface area contributed by atoms with Gasteiger partial charge in [-0.2, -0.15) is 0 Å². The van der Waals surface area contributed by atoms with Gasteiger partial charge in [-0.3, -0.25) is 0 Å². The molecule has 1 atom stereocenters. The van der Waals surface area contributed by atoms with E-state index < -0.39 is 0 Å². The number of anilines is 1. The van der Waals surface area contributed by atoms with Crippen LogP contribution in [0.3, 0.4) is 0 Å². The molecule has 3 rings (SSSR count). The van der Waals surface area contributed by atoms with Gasteiger partial charge in [0.2, 0.25) is 0 Å². The first-order chi connectivity index (χ1) is 10.6. The maximum atomic E-state index is 13.8. The van der Waals surface area contributed by atoms with Crippen molar-refractivity contribution in [2.45, 2.75) is 25.8 Å². The normalized spacial score (nSPS) is 17.7. The maximum absolute atomic E-state index is 13.8. The largest absolute Gasteiger partial charge is 0.381 e. The number of hydrogen-bond donors (Lipinski definition) is 1. The van der Waals surface area contributed by atoms with Gasteiger partial charge in [0, 0.05) is 35.7 Å². The number of ether oxygens (including phenoxy) is 1. The molecule has 1 fully saturated rings. The van der Waals surface area contributed by atoms with Crippen LogP contribution in [0.1, 0.15) is 29.4 Å². The highest BCUT2D eigenvalue weighted by Crippen LogP contribution is 2.26. The minimum absolute atomic E-state index is 0.280. The van der Waals surface area contributed by atoms with Gasteiger partial charge in [0.1, 0.15) is 17.5 Å². The lowest BCUT2D eigenvalue weighted by atomic mass is 10.0. The fraction of sp³-hybridized carbons (Fsp3) is 0.375. The molecule has 0 unspecified atom stereocenters. The average molecular weight is 322 g/mol. The van der Waals surface area contributed by atoms with Gasteiger partial charge in [-0.25, -0.2) is 14.4 Å². The molecule has 1 N–H and O–H groups in total. The van der Waals surface area contributed by atoms with Gasteiger partial charge in [0.25, 0.3) is 0 Å². The summed E-state index contributed by atoms with van der Waals surface area (Å²) in [5.41, 5.74) is 1.40. The maximum Gasteiger partial charge on any atom is 0.130 e. The molecule has 0 radical (unpaired) electrons. The van der Waals surface area contributed by atoms with Crippen molar-refractivity contribution in [3.8, 4) is 0 Å². The number of rotatable bonds is 4. The van der Waals surface area contributed by atoms with Crippen molar-refractivity contribution in [3.63, 3.8) is 0 Å². The number of halogens is 2. The second kappa shape index (κ2) is 6.58. The van der Waals surface area contributed by atoms with E-state index in [1.54, 1.807) is 12.1 Å². The van der Waals surface area contributed by atoms with E-state index in [9.17, 15) is 4.39 Å². The smallest absolute Gasteiger partial charge is 0.130 e. The molecule has 0 saturated carbocycles. The van der Waals surface area contributed by atoms with Crippen molar-refractivity contribution in [2.75, 3.05) is 18.5 Å². The molecule has 1 saturated heterocycles. The molecule has 1 aromatic carbocycles. The van der Waals surface area contributed by atoms with Crippen LogP contribution in [-0.2, 0) is 11.3 Å². The SMILES string of the molecule is Cc1nc(NCc2c(F)cccc2Cl)cc([C@@H]2CCOC2)n1. The highest BCUT2D eigenvalue weighted by Gasteiger charge is 2.20. The van der Waals surface area contributed by atoms with Gasteiger partial charge in [-0.05, 0) is 25.5 Å². The number of nitrogens with one attached hydrogen (secondary N) is 1. The fourth-order valence-corrected chi connectivity index (χ4v) is 2.77. The van der Waals surface area contributed by atoms with Crippen molar-refractivity contribution in [3.05, 3.63) is 52.2 Å². The summed E-state index contributed by atoms with van der Waals surface area (Å²) >= 11 is 6.03. The highest BCUT2D eigenvalue weighted by atomic mass is 35.5. The van der Waals surface area contributed by atoms with Crippen LogP contribution in [0.4, 0.5) is 10.2 Å². The van der Waals surface area contributed by atoms with E-state index in [-0.39, 0.29) is 12.4 Å². The Morgan fingerprint density at radius 1 is 1.41 bits per heavy atom. The number of aryl methyl sites for hydroxylation is 1. The van der Waals surface area contributed by atoms with E-state index in [1.165, 1.54) is 6.07 Å². The second-order valence-corrected chi connectivity index (χ2v) is 5.75. The quantitative estimate of drug-likeness (QED) is 0.933. The Morgan fingerprint density at radius 3 is 3.00 bits per heavy atom. The molecule has 116 valence electrons. The molecular formula is C16H17ClFN3O. The topological polar surface area (TPSA) is 47.0 Å². The van der Waals surface area contributed by atoms with Gasteiger partial charge in [0.15, 0.2) is 0 Å². The van der Waals surface area contributed by atoms with Crippen molar-refractivity contribution in [1.82, 2.24) is 9.97 Å². The van der Waals surface area contributed by atoms with E-state index >= 15 is 0 Å². The van der Waals surface area contributed by atoms with E-state index in [1.807, 2.05) is 13.0 Å². The Balaban J connectivity index is 1.77. The third kappa shape index (κ3) is 3.36. The molecular weight excluding hydrogens is 305 g/mol. The predicted octanol–water partition coefficient (Wildman–Crippen LogP) is 3.69. The predicted molar refractivity (Wildman–Crippen MR) is 83.7 cm³/mol. The third-order valence-electron chi connectivity index (χ3n) is 3.71. The van der Waals surface area contributed by atoms with Crippen LogP contribution >= 0.6 is 11.6 Å². The molecule has 2 aromatic rings. The lowest BCUT2D eigenvalue weighted by Gasteiger charge is -2.12. The van der Waals surface area contributed by atoms with E-state index in [4.69, 9.17) is 16.3 Å². The first kappa shape index (κ1) is 15.2. The lowest BCUT2D eigenvalue weighted by Crippen LogP contribution is -2.09. The lowest BCUT2D eigenvalue weighted by molar-refractivity contribution is 0.193. The molecule has 2 heterocycles. The van der Waals surface area contributed by atoms with Gasteiger partial charge in [-0.15, -0.1) is 0 Å². The first-order valence-corrected chi connectivity index (χ1v) is 7.61. The molecule has 22 heavy (non-hydrogen) atoms. The zero-order valence-corrected chi connectivity index (χ0v) is 13.0. The Labute approximate surface area is 133 Å². The van der Waals surface area contributed by atoms with Gasteiger partial charge in [0.05, 0.1) is 12.3 Å². The van der Waals surface area contributed by atoms with Crippen LogP contribution in [0.5, 0.6) is 0 Å². The van der Waals surface area contributed by atoms with Crippen LogP contribution in [-0.4, -0.2) is 23.2 Å². The molecule has 6 heteroatoms. The highest BCUT2D eigenvalue weighted by molar-refractivity contribution is 6.31. The molecule has 0 amide bonds. The standard InChI is InChI=1S/C16H17ClFN3O/c1-10-20-15(11-5-6-22-9-11)7-16(21-10)19-8-12-13(17)3-2-4-14(12)18/h2-4,7,11H,5-6,8-9H2,1H3,(H,19,20,21)/t11-/m1/s1. The van der Waals surface area contributed by atoms with Crippen LogP contribution in [0.2, 0.25) is 5.02 Å². The summed E-state index contributed by atoms with van der Waals surface area (Å²) in [5.74, 6) is 1.34. The molecule has 4 nitrogen and oxygen atoms in total. The summed E-state index contributed by atoms with van der Waals surface area (Å²) in [6.45, 7) is 3.58. The Bertz CT molecular complexity index is 654. The van der Waals surface area contributed by atoms with E-state index in [0.717, 1.165) is 18.7 Å². The van der Waals surface area contributed by atoms with Crippen LogP contribution in [0.15, 0.2) is 24.3 Å². The first-order valence-electron chi connectivity index (χ1n) is 7.23. The molecule has 1 aliphatic rings. The van der Waals surface area contributed by atoms with Gasteiger partial charge in [-0.1, -0.05) is 17.7 Å². The average Bonchev–Trinajstić information content (AvgIpc) is 3.00.